The Bertz CT molecular complexity index is 865. The van der Waals surface area contributed by atoms with Crippen molar-refractivity contribution in [2.24, 2.45) is 0 Å². The van der Waals surface area contributed by atoms with Crippen LogP contribution in [0.5, 0.6) is 5.75 Å². The number of aromatic amines is 1. The SMILES string of the molecule is CCc1nc(C(=O)O)cc2c1[nH]c1cccc(OC(C)C)c12. The minimum atomic E-state index is -1.02. The van der Waals surface area contributed by atoms with Gasteiger partial charge >= 0.3 is 5.97 Å². The van der Waals surface area contributed by atoms with E-state index in [0.29, 0.717) is 6.42 Å². The largest absolute Gasteiger partial charge is 0.490 e. The number of carboxylic acids is 1. The van der Waals surface area contributed by atoms with E-state index in [9.17, 15) is 9.90 Å². The number of H-pyrrole nitrogens is 1. The summed E-state index contributed by atoms with van der Waals surface area (Å²) in [5.74, 6) is -0.267. The fraction of sp³-hybridized carbons (Fsp3) is 0.294. The number of carboxylic acid groups (broad SMARTS) is 1. The standard InChI is InChI=1S/C17H18N2O3/c1-4-11-16-10(8-13(18-11)17(20)21)15-12(19-16)6-5-7-14(15)22-9(2)3/h5-9,19H,4H2,1-3H3,(H,20,21). The molecule has 1 aromatic carbocycles. The quantitative estimate of drug-likeness (QED) is 0.769. The van der Waals surface area contributed by atoms with Crippen LogP contribution in [0, 0.1) is 0 Å². The number of benzene rings is 1. The van der Waals surface area contributed by atoms with E-state index in [2.05, 4.69) is 9.97 Å². The Morgan fingerprint density at radius 1 is 1.41 bits per heavy atom. The van der Waals surface area contributed by atoms with Crippen LogP contribution < -0.4 is 4.74 Å². The van der Waals surface area contributed by atoms with E-state index in [1.807, 2.05) is 39.0 Å². The van der Waals surface area contributed by atoms with E-state index in [1.54, 1.807) is 6.07 Å². The van der Waals surface area contributed by atoms with E-state index in [0.717, 1.165) is 33.2 Å². The summed E-state index contributed by atoms with van der Waals surface area (Å²) in [7, 11) is 0. The maximum Gasteiger partial charge on any atom is 0.354 e. The summed E-state index contributed by atoms with van der Waals surface area (Å²) in [5, 5.41) is 11.0. The molecule has 5 nitrogen and oxygen atoms in total. The topological polar surface area (TPSA) is 75.2 Å². The van der Waals surface area contributed by atoms with Crippen molar-refractivity contribution in [3.8, 4) is 5.75 Å². The van der Waals surface area contributed by atoms with Gasteiger partial charge in [-0.15, -0.1) is 0 Å². The third-order valence-electron chi connectivity index (χ3n) is 3.57. The Kier molecular flexibility index (Phi) is 3.48. The molecule has 2 heterocycles. The molecular weight excluding hydrogens is 280 g/mol. The van der Waals surface area contributed by atoms with Crippen molar-refractivity contribution < 1.29 is 14.6 Å². The van der Waals surface area contributed by atoms with Gasteiger partial charge in [0.2, 0.25) is 0 Å². The van der Waals surface area contributed by atoms with Crippen molar-refractivity contribution in [2.75, 3.05) is 0 Å². The molecule has 22 heavy (non-hydrogen) atoms. The van der Waals surface area contributed by atoms with Crippen LogP contribution in [0.1, 0.15) is 37.0 Å². The zero-order chi connectivity index (χ0) is 15.9. The van der Waals surface area contributed by atoms with Crippen molar-refractivity contribution in [2.45, 2.75) is 33.3 Å². The molecule has 0 fully saturated rings. The maximum atomic E-state index is 11.3. The molecule has 2 N–H and O–H groups in total. The molecule has 0 aliphatic rings. The number of pyridine rings is 1. The molecule has 0 saturated carbocycles. The number of nitrogens with one attached hydrogen (secondary N) is 1. The van der Waals surface area contributed by atoms with Crippen LogP contribution in [0.15, 0.2) is 24.3 Å². The van der Waals surface area contributed by atoms with Gasteiger partial charge in [0.25, 0.3) is 0 Å². The molecule has 0 unspecified atom stereocenters. The maximum absolute atomic E-state index is 11.3. The molecule has 0 atom stereocenters. The number of aromatic carboxylic acids is 1. The van der Waals surface area contributed by atoms with E-state index in [1.165, 1.54) is 0 Å². The number of hydrogen-bond acceptors (Lipinski definition) is 3. The van der Waals surface area contributed by atoms with Crippen LogP contribution in [0.25, 0.3) is 21.8 Å². The summed E-state index contributed by atoms with van der Waals surface area (Å²) < 4.78 is 5.88. The number of aryl methyl sites for hydroxylation is 1. The highest BCUT2D eigenvalue weighted by Gasteiger charge is 2.17. The highest BCUT2D eigenvalue weighted by atomic mass is 16.5. The van der Waals surface area contributed by atoms with Crippen LogP contribution in [0.2, 0.25) is 0 Å². The van der Waals surface area contributed by atoms with E-state index in [4.69, 9.17) is 4.74 Å². The van der Waals surface area contributed by atoms with Crippen molar-refractivity contribution in [3.05, 3.63) is 35.7 Å². The lowest BCUT2D eigenvalue weighted by molar-refractivity contribution is 0.0690. The van der Waals surface area contributed by atoms with Gasteiger partial charge in [0, 0.05) is 10.8 Å². The number of carbonyl (C=O) groups is 1. The van der Waals surface area contributed by atoms with Crippen molar-refractivity contribution >= 4 is 27.8 Å². The fourth-order valence-corrected chi connectivity index (χ4v) is 2.70. The second kappa shape index (κ2) is 5.33. The van der Waals surface area contributed by atoms with Gasteiger partial charge in [0.15, 0.2) is 0 Å². The van der Waals surface area contributed by atoms with E-state index >= 15 is 0 Å². The number of hydrogen-bond donors (Lipinski definition) is 2. The lowest BCUT2D eigenvalue weighted by Gasteiger charge is -2.11. The summed E-state index contributed by atoms with van der Waals surface area (Å²) in [6.07, 6.45) is 0.701. The smallest absolute Gasteiger partial charge is 0.354 e. The summed E-state index contributed by atoms with van der Waals surface area (Å²) in [6.45, 7) is 5.90. The third kappa shape index (κ3) is 2.28. The van der Waals surface area contributed by atoms with Gasteiger partial charge in [-0.25, -0.2) is 9.78 Å². The van der Waals surface area contributed by atoms with Crippen LogP contribution in [0.4, 0.5) is 0 Å². The monoisotopic (exact) mass is 298 g/mol. The Balaban J connectivity index is 2.40. The molecule has 114 valence electrons. The summed E-state index contributed by atoms with van der Waals surface area (Å²) in [5.41, 5.74) is 2.61. The molecule has 0 amide bonds. The van der Waals surface area contributed by atoms with Gasteiger partial charge in [-0.3, -0.25) is 0 Å². The zero-order valence-electron chi connectivity index (χ0n) is 12.8. The van der Waals surface area contributed by atoms with E-state index in [-0.39, 0.29) is 11.8 Å². The zero-order valence-corrected chi connectivity index (χ0v) is 12.8. The summed E-state index contributed by atoms with van der Waals surface area (Å²) in [6, 6.07) is 7.40. The molecule has 0 saturated heterocycles. The minimum Gasteiger partial charge on any atom is -0.490 e. The van der Waals surface area contributed by atoms with Gasteiger partial charge < -0.3 is 14.8 Å². The van der Waals surface area contributed by atoms with Crippen molar-refractivity contribution in [3.63, 3.8) is 0 Å². The van der Waals surface area contributed by atoms with Crippen LogP contribution in [-0.2, 0) is 6.42 Å². The third-order valence-corrected chi connectivity index (χ3v) is 3.57. The first kappa shape index (κ1) is 14.4. The number of nitrogens with zero attached hydrogens (tertiary/aromatic N) is 1. The average molecular weight is 298 g/mol. The number of ether oxygens (including phenoxy) is 1. The second-order valence-electron chi connectivity index (χ2n) is 5.51. The first-order chi connectivity index (χ1) is 10.5. The molecular formula is C17H18N2O3. The Labute approximate surface area is 127 Å². The Hall–Kier alpha value is -2.56. The lowest BCUT2D eigenvalue weighted by Crippen LogP contribution is -2.05. The highest BCUT2D eigenvalue weighted by molar-refractivity contribution is 6.12. The van der Waals surface area contributed by atoms with Gasteiger partial charge in [0.05, 0.1) is 22.8 Å². The molecule has 2 aromatic heterocycles. The minimum absolute atomic E-state index is 0.0435. The van der Waals surface area contributed by atoms with Crippen molar-refractivity contribution in [1.29, 1.82) is 0 Å². The molecule has 0 bridgehead atoms. The predicted molar refractivity (Wildman–Crippen MR) is 85.7 cm³/mol. The molecule has 0 aliphatic carbocycles. The molecule has 0 spiro atoms. The van der Waals surface area contributed by atoms with Gasteiger partial charge in [0.1, 0.15) is 11.4 Å². The second-order valence-corrected chi connectivity index (χ2v) is 5.51. The number of rotatable bonds is 4. The number of aromatic nitrogens is 2. The first-order valence-corrected chi connectivity index (χ1v) is 7.35. The normalized spacial score (nSPS) is 11.5. The summed E-state index contributed by atoms with van der Waals surface area (Å²) in [4.78, 5) is 18.9. The number of fused-ring (bicyclic) bond motifs is 3. The Morgan fingerprint density at radius 3 is 2.82 bits per heavy atom. The van der Waals surface area contributed by atoms with Gasteiger partial charge in [-0.2, -0.15) is 0 Å². The fourth-order valence-electron chi connectivity index (χ4n) is 2.70. The van der Waals surface area contributed by atoms with Gasteiger partial charge in [-0.1, -0.05) is 13.0 Å². The molecule has 3 aromatic rings. The summed E-state index contributed by atoms with van der Waals surface area (Å²) >= 11 is 0. The molecule has 0 aliphatic heterocycles. The predicted octanol–water partition coefficient (Wildman–Crippen LogP) is 3.76. The average Bonchev–Trinajstić information content (AvgIpc) is 2.85. The lowest BCUT2D eigenvalue weighted by atomic mass is 10.1. The first-order valence-electron chi connectivity index (χ1n) is 7.35. The Morgan fingerprint density at radius 2 is 2.18 bits per heavy atom. The van der Waals surface area contributed by atoms with Gasteiger partial charge in [-0.05, 0) is 38.5 Å². The molecule has 3 rings (SSSR count). The van der Waals surface area contributed by atoms with Crippen LogP contribution in [-0.4, -0.2) is 27.1 Å². The molecule has 5 heteroatoms. The molecule has 0 radical (unpaired) electrons. The van der Waals surface area contributed by atoms with E-state index < -0.39 is 5.97 Å². The van der Waals surface area contributed by atoms with Crippen LogP contribution in [0.3, 0.4) is 0 Å². The van der Waals surface area contributed by atoms with Crippen molar-refractivity contribution in [1.82, 2.24) is 9.97 Å². The van der Waals surface area contributed by atoms with Crippen LogP contribution >= 0.6 is 0 Å². The highest BCUT2D eigenvalue weighted by Crippen LogP contribution is 2.35.